The van der Waals surface area contributed by atoms with Crippen LogP contribution < -0.4 is 24.8 Å². The first-order chi connectivity index (χ1) is 17.1. The molecule has 4 aromatic rings. The molecular formula is C34H30Cl2Zr. The molecule has 0 N–H and O–H groups in total. The van der Waals surface area contributed by atoms with Crippen molar-refractivity contribution in [3.63, 3.8) is 0 Å². The third-order valence-electron chi connectivity index (χ3n) is 7.62. The second kappa shape index (κ2) is 11.6. The molecule has 0 amide bonds. The number of rotatable bonds is 4. The van der Waals surface area contributed by atoms with Gasteiger partial charge in [0, 0.05) is 0 Å². The van der Waals surface area contributed by atoms with Crippen LogP contribution in [-0.2, 0) is 21.3 Å². The summed E-state index contributed by atoms with van der Waals surface area (Å²) < 4.78 is 4.97. The Kier molecular flexibility index (Phi) is 8.70. The molecule has 0 nitrogen and oxygen atoms in total. The summed E-state index contributed by atoms with van der Waals surface area (Å²) in [5, 5.41) is 0. The molecule has 6 rings (SSSR count). The summed E-state index contributed by atoms with van der Waals surface area (Å²) in [5.74, 6) is 0.473. The molecule has 0 saturated carbocycles. The molecule has 0 aliphatic heterocycles. The topological polar surface area (TPSA) is 0 Å². The van der Waals surface area contributed by atoms with Crippen LogP contribution >= 0.6 is 0 Å². The van der Waals surface area contributed by atoms with Gasteiger partial charge in [-0.25, -0.2) is 0 Å². The van der Waals surface area contributed by atoms with Crippen LogP contribution in [0.3, 0.4) is 0 Å². The van der Waals surface area contributed by atoms with Crippen LogP contribution in [0.25, 0.3) is 16.7 Å². The summed E-state index contributed by atoms with van der Waals surface area (Å²) in [6, 6.07) is 38.4. The zero-order valence-electron chi connectivity index (χ0n) is 21.4. The van der Waals surface area contributed by atoms with Crippen molar-refractivity contribution < 1.29 is 46.1 Å². The fourth-order valence-corrected chi connectivity index (χ4v) is 14.7. The quantitative estimate of drug-likeness (QED) is 0.338. The van der Waals surface area contributed by atoms with E-state index in [0.717, 1.165) is 0 Å². The van der Waals surface area contributed by atoms with E-state index in [1.807, 2.05) is 0 Å². The minimum absolute atomic E-state index is 0. The zero-order chi connectivity index (χ0) is 23.9. The maximum absolute atomic E-state index is 2.72. The van der Waals surface area contributed by atoms with Crippen molar-refractivity contribution in [2.45, 2.75) is 24.4 Å². The molecule has 0 saturated heterocycles. The van der Waals surface area contributed by atoms with Gasteiger partial charge in [-0.15, -0.1) is 0 Å². The van der Waals surface area contributed by atoms with Gasteiger partial charge < -0.3 is 24.8 Å². The molecular weight excluding hydrogens is 571 g/mol. The van der Waals surface area contributed by atoms with Crippen molar-refractivity contribution >= 4 is 9.28 Å². The first-order valence-electron chi connectivity index (χ1n) is 12.6. The van der Waals surface area contributed by atoms with Crippen LogP contribution in [-0.4, -0.2) is 3.71 Å². The molecule has 2 aliphatic rings. The third-order valence-corrected chi connectivity index (χ3v) is 15.8. The van der Waals surface area contributed by atoms with Crippen molar-refractivity contribution in [1.82, 2.24) is 0 Å². The molecule has 184 valence electrons. The van der Waals surface area contributed by atoms with E-state index in [1.54, 1.807) is 3.28 Å². The number of halogens is 2. The fraction of sp³-hybridized carbons (Fsp3) is 0.147. The molecule has 0 fully saturated rings. The van der Waals surface area contributed by atoms with Crippen molar-refractivity contribution in [3.8, 4) is 11.1 Å². The van der Waals surface area contributed by atoms with Crippen LogP contribution in [0.5, 0.6) is 0 Å². The summed E-state index contributed by atoms with van der Waals surface area (Å²) in [4.78, 5) is 0. The van der Waals surface area contributed by atoms with Crippen LogP contribution in [0.4, 0.5) is 0 Å². The summed E-state index contributed by atoms with van der Waals surface area (Å²) in [6.07, 6.45) is 2.52. The number of hydrogen-bond acceptors (Lipinski definition) is 0. The van der Waals surface area contributed by atoms with Gasteiger partial charge in [-0.2, -0.15) is 0 Å². The smallest absolute Gasteiger partial charge is 1.00 e. The van der Waals surface area contributed by atoms with Gasteiger partial charge in [0.25, 0.3) is 0 Å². The Morgan fingerprint density at radius 2 is 1.19 bits per heavy atom. The molecule has 0 aromatic heterocycles. The van der Waals surface area contributed by atoms with E-state index in [9.17, 15) is 0 Å². The van der Waals surface area contributed by atoms with Gasteiger partial charge in [-0.05, 0) is 0 Å². The minimum Gasteiger partial charge on any atom is -1.00 e. The van der Waals surface area contributed by atoms with Crippen molar-refractivity contribution in [2.24, 2.45) is 5.92 Å². The predicted octanol–water partition coefficient (Wildman–Crippen LogP) is 2.55. The molecule has 2 aliphatic carbocycles. The van der Waals surface area contributed by atoms with E-state index < -0.39 is 21.3 Å². The van der Waals surface area contributed by atoms with Crippen LogP contribution in [0.1, 0.15) is 45.3 Å². The van der Waals surface area contributed by atoms with Gasteiger partial charge in [-0.1, -0.05) is 0 Å². The number of allylic oxidation sites excluding steroid dienone is 4. The molecule has 4 aromatic carbocycles. The van der Waals surface area contributed by atoms with Crippen LogP contribution in [0, 0.1) is 12.8 Å². The van der Waals surface area contributed by atoms with Crippen LogP contribution in [0.15, 0.2) is 118 Å². The van der Waals surface area contributed by atoms with E-state index in [2.05, 4.69) is 134 Å². The number of aryl methyl sites for hydroxylation is 1. The van der Waals surface area contributed by atoms with Crippen LogP contribution in [0.2, 0.25) is 0 Å². The molecule has 3 heteroatoms. The van der Waals surface area contributed by atoms with Gasteiger partial charge in [0.1, 0.15) is 0 Å². The van der Waals surface area contributed by atoms with Gasteiger partial charge in [0.2, 0.25) is 0 Å². The Morgan fingerprint density at radius 3 is 1.78 bits per heavy atom. The third kappa shape index (κ3) is 5.07. The number of fused-ring (bicyclic) bond motifs is 3. The largest absolute Gasteiger partial charge is 1.00 e. The molecule has 0 radical (unpaired) electrons. The van der Waals surface area contributed by atoms with Gasteiger partial charge in [0.15, 0.2) is 0 Å². The van der Waals surface area contributed by atoms with E-state index in [4.69, 9.17) is 0 Å². The van der Waals surface area contributed by atoms with Crippen molar-refractivity contribution in [2.75, 3.05) is 0 Å². The SMILES string of the molecule is CC1=[C](/[Zr+2](=[CH]/c2ccc(C)cc2)[CH]2c3ccccc3-c3ccccc32)C(C)C=C1c1ccccc1.[Cl-].[Cl-]. The Balaban J connectivity index is 0.00000160. The first-order valence-corrected chi connectivity index (χ1v) is 16.6. The van der Waals surface area contributed by atoms with Crippen molar-refractivity contribution in [1.29, 1.82) is 0 Å². The molecule has 0 spiro atoms. The second-order valence-electron chi connectivity index (χ2n) is 9.89. The van der Waals surface area contributed by atoms with Gasteiger partial charge >= 0.3 is 218 Å². The van der Waals surface area contributed by atoms with Gasteiger partial charge in [0.05, 0.1) is 0 Å². The molecule has 0 bridgehead atoms. The zero-order valence-corrected chi connectivity index (χ0v) is 25.4. The summed E-state index contributed by atoms with van der Waals surface area (Å²) in [6.45, 7) is 6.98. The summed E-state index contributed by atoms with van der Waals surface area (Å²) >= 11 is -2.42. The number of benzene rings is 4. The Bertz CT molecular complexity index is 1470. The number of hydrogen-bond donors (Lipinski definition) is 0. The van der Waals surface area contributed by atoms with Gasteiger partial charge in [-0.3, -0.25) is 0 Å². The molecule has 1 unspecified atom stereocenters. The fourth-order valence-electron chi connectivity index (χ4n) is 6.00. The van der Waals surface area contributed by atoms with E-state index in [0.29, 0.717) is 9.54 Å². The second-order valence-corrected chi connectivity index (χ2v) is 15.6. The monoisotopic (exact) mass is 598 g/mol. The Labute approximate surface area is 241 Å². The molecule has 0 heterocycles. The Morgan fingerprint density at radius 1 is 0.649 bits per heavy atom. The maximum atomic E-state index is 2.72. The maximum Gasteiger partial charge on any atom is -1.00 e. The van der Waals surface area contributed by atoms with E-state index in [1.165, 1.54) is 50.1 Å². The summed E-state index contributed by atoms with van der Waals surface area (Å²) in [5.41, 5.74) is 12.9. The van der Waals surface area contributed by atoms with E-state index >= 15 is 0 Å². The normalized spacial score (nSPS) is 16.0. The molecule has 1 atom stereocenters. The Hall–Kier alpha value is -2.31. The van der Waals surface area contributed by atoms with Crippen molar-refractivity contribution in [3.05, 3.63) is 146 Å². The first kappa shape index (κ1) is 27.7. The average Bonchev–Trinajstić information content (AvgIpc) is 3.38. The predicted molar refractivity (Wildman–Crippen MR) is 146 cm³/mol. The minimum atomic E-state index is -2.42. The standard InChI is InChI=1S/C13H9.C13H13.C8H8.2ClH.Zr/c1-3-7-12-10(5-1)9-11-6-2-4-8-13(11)12;1-10-8-11(2)13(9-10)12-6-4-3-5-7-12;1-7-3-5-8(2)6-4-7;;;/h1-9H;3-7,9-10H,1-2H3;1,3-6H,2H3;2*1H;/q;;;;;+2/p-2. The summed E-state index contributed by atoms with van der Waals surface area (Å²) in [7, 11) is 0. The average molecular weight is 601 g/mol. The van der Waals surface area contributed by atoms with E-state index in [-0.39, 0.29) is 24.8 Å². The molecule has 37 heavy (non-hydrogen) atoms.